The average molecular weight is 329 g/mol. The summed E-state index contributed by atoms with van der Waals surface area (Å²) in [5, 5.41) is 13.0. The normalized spacial score (nSPS) is 24.3. The number of aryl methyl sites for hydroxylation is 1. The van der Waals surface area contributed by atoms with Crippen LogP contribution in [0.4, 0.5) is 0 Å². The quantitative estimate of drug-likeness (QED) is 0.325. The van der Waals surface area contributed by atoms with Gasteiger partial charge >= 0.3 is 29.6 Å². The van der Waals surface area contributed by atoms with E-state index in [1.807, 2.05) is 6.20 Å². The Morgan fingerprint density at radius 2 is 2.33 bits per heavy atom. The number of thioether (sulfide) groups is 2. The number of hydrogen-bond donors (Lipinski definition) is 0. The van der Waals surface area contributed by atoms with E-state index in [1.165, 1.54) is 22.1 Å². The van der Waals surface area contributed by atoms with Crippen LogP contribution in [0.15, 0.2) is 28.0 Å². The Morgan fingerprint density at radius 1 is 1.52 bits per heavy atom. The summed E-state index contributed by atoms with van der Waals surface area (Å²) in [6, 6.07) is 0. The monoisotopic (exact) mass is 329 g/mol. The first kappa shape index (κ1) is 15.2. The molecule has 9 heteroatoms. The molecule has 1 atom stereocenters. The van der Waals surface area contributed by atoms with Gasteiger partial charge in [-0.3, -0.25) is 9.69 Å². The zero-order valence-electron chi connectivity index (χ0n) is 11.1. The van der Waals surface area contributed by atoms with Gasteiger partial charge in [-0.2, -0.15) is 0 Å². The summed E-state index contributed by atoms with van der Waals surface area (Å²) in [6.45, 7) is 0.935. The molecule has 1 aromatic heterocycles. The Kier molecular flexibility index (Phi) is 4.00. The molecule has 0 spiro atoms. The van der Waals surface area contributed by atoms with Crippen molar-refractivity contribution in [1.82, 2.24) is 14.5 Å². The average Bonchev–Trinajstić information content (AvgIpc) is 3.07. The number of carboxylic acids is 1. The largest absolute Gasteiger partial charge is 1.00 e. The van der Waals surface area contributed by atoms with E-state index in [1.54, 1.807) is 17.8 Å². The number of carbonyl (C=O) groups is 2. The summed E-state index contributed by atoms with van der Waals surface area (Å²) >= 11 is 3.00. The SMILES string of the molecule is O=C([O-])C1=CS[C@@H]2/C(=C\c3cn4c(n3)SCC4)C(=O)N12.[Na+]. The maximum absolute atomic E-state index is 12.0. The Morgan fingerprint density at radius 3 is 3.05 bits per heavy atom. The first-order chi connectivity index (χ1) is 9.65. The van der Waals surface area contributed by atoms with E-state index in [-0.39, 0.29) is 46.5 Å². The Bertz CT molecular complexity index is 691. The van der Waals surface area contributed by atoms with Crippen molar-refractivity contribution in [1.29, 1.82) is 0 Å². The van der Waals surface area contributed by atoms with Crippen LogP contribution in [0, 0.1) is 0 Å². The molecule has 0 aromatic carbocycles. The van der Waals surface area contributed by atoms with Crippen LogP contribution >= 0.6 is 23.5 Å². The molecular formula is C12H8N3NaO3S2. The van der Waals surface area contributed by atoms with Gasteiger partial charge in [-0.1, -0.05) is 11.8 Å². The van der Waals surface area contributed by atoms with E-state index in [4.69, 9.17) is 0 Å². The summed E-state index contributed by atoms with van der Waals surface area (Å²) in [5.41, 5.74) is 1.28. The maximum atomic E-state index is 12.0. The van der Waals surface area contributed by atoms with Crippen LogP contribution in [0.3, 0.4) is 0 Å². The second-order valence-electron chi connectivity index (χ2n) is 4.54. The van der Waals surface area contributed by atoms with Gasteiger partial charge in [0.25, 0.3) is 5.91 Å². The van der Waals surface area contributed by atoms with Crippen LogP contribution in [-0.2, 0) is 16.1 Å². The third-order valence-electron chi connectivity index (χ3n) is 3.37. The van der Waals surface area contributed by atoms with Gasteiger partial charge in [-0.15, -0.1) is 11.8 Å². The minimum atomic E-state index is -1.32. The number of rotatable bonds is 2. The van der Waals surface area contributed by atoms with Gasteiger partial charge in [0.15, 0.2) is 5.16 Å². The molecule has 0 N–H and O–H groups in total. The molecule has 102 valence electrons. The Hall–Kier alpha value is -0.670. The number of amides is 1. The fraction of sp³-hybridized carbons (Fsp3) is 0.250. The fourth-order valence-corrected chi connectivity index (χ4v) is 4.48. The Balaban J connectivity index is 0.00000132. The zero-order valence-corrected chi connectivity index (χ0v) is 14.7. The zero-order chi connectivity index (χ0) is 13.9. The molecule has 6 nitrogen and oxygen atoms in total. The van der Waals surface area contributed by atoms with Crippen LogP contribution in [0.25, 0.3) is 6.08 Å². The molecule has 1 aromatic rings. The topological polar surface area (TPSA) is 78.3 Å². The maximum Gasteiger partial charge on any atom is 1.00 e. The van der Waals surface area contributed by atoms with Crippen molar-refractivity contribution >= 4 is 41.5 Å². The first-order valence-electron chi connectivity index (χ1n) is 5.97. The summed E-state index contributed by atoms with van der Waals surface area (Å²) in [7, 11) is 0. The molecule has 0 bridgehead atoms. The molecule has 3 aliphatic heterocycles. The van der Waals surface area contributed by atoms with Gasteiger partial charge in [0.05, 0.1) is 22.9 Å². The smallest absolute Gasteiger partial charge is 0.543 e. The second-order valence-corrected chi connectivity index (χ2v) is 6.56. The third kappa shape index (κ3) is 2.29. The van der Waals surface area contributed by atoms with Crippen LogP contribution < -0.4 is 34.7 Å². The number of aliphatic carboxylic acids is 1. The fourth-order valence-electron chi connectivity index (χ4n) is 2.42. The van der Waals surface area contributed by atoms with Crippen molar-refractivity contribution in [3.8, 4) is 0 Å². The summed E-state index contributed by atoms with van der Waals surface area (Å²) in [6.07, 6.45) is 3.67. The number of nitrogens with zero attached hydrogens (tertiary/aromatic N) is 3. The number of carboxylic acid groups (broad SMARTS) is 1. The number of hydrogen-bond acceptors (Lipinski definition) is 6. The predicted octanol–water partition coefficient (Wildman–Crippen LogP) is -3.12. The van der Waals surface area contributed by atoms with Gasteiger partial charge in [0.2, 0.25) is 0 Å². The second kappa shape index (κ2) is 5.51. The minimum Gasteiger partial charge on any atom is -0.543 e. The third-order valence-corrected chi connectivity index (χ3v) is 5.42. The molecule has 3 aliphatic rings. The van der Waals surface area contributed by atoms with E-state index in [0.29, 0.717) is 5.57 Å². The van der Waals surface area contributed by atoms with Gasteiger partial charge in [0, 0.05) is 18.5 Å². The van der Waals surface area contributed by atoms with E-state index >= 15 is 0 Å². The molecule has 21 heavy (non-hydrogen) atoms. The van der Waals surface area contributed by atoms with Gasteiger partial charge in [-0.25, -0.2) is 4.98 Å². The van der Waals surface area contributed by atoms with Gasteiger partial charge in [-0.05, 0) is 11.5 Å². The van der Waals surface area contributed by atoms with Gasteiger partial charge < -0.3 is 14.5 Å². The number of carbonyl (C=O) groups excluding carboxylic acids is 2. The molecule has 4 heterocycles. The molecular weight excluding hydrogens is 321 g/mol. The standard InChI is InChI=1S/C12H9N3O3S2.Na/c16-9-7(10-15(9)8(5-20-10)11(17)18)3-6-4-14-1-2-19-12(14)13-6;/h3-5,10H,1-2H2,(H,17,18);/q;+1/p-1/b7-3-;/t10-;/m1./s1. The van der Waals surface area contributed by atoms with Crippen molar-refractivity contribution in [2.24, 2.45) is 0 Å². The van der Waals surface area contributed by atoms with Crippen molar-refractivity contribution < 1.29 is 44.3 Å². The number of imidazole rings is 1. The minimum absolute atomic E-state index is 0. The van der Waals surface area contributed by atoms with Crippen LogP contribution in [0.1, 0.15) is 5.69 Å². The number of aromatic nitrogens is 2. The molecule has 1 saturated heterocycles. The van der Waals surface area contributed by atoms with Crippen LogP contribution in [0.5, 0.6) is 0 Å². The molecule has 4 rings (SSSR count). The Labute approximate surface area is 150 Å². The van der Waals surface area contributed by atoms with Crippen LogP contribution in [-0.4, -0.2) is 37.5 Å². The molecule has 0 unspecified atom stereocenters. The molecule has 0 radical (unpaired) electrons. The predicted molar refractivity (Wildman–Crippen MR) is 72.2 cm³/mol. The van der Waals surface area contributed by atoms with Crippen molar-refractivity contribution in [2.45, 2.75) is 17.1 Å². The number of β-lactam (4-membered cyclic amide) rings is 1. The van der Waals surface area contributed by atoms with E-state index in [0.717, 1.165) is 23.1 Å². The summed E-state index contributed by atoms with van der Waals surface area (Å²) < 4.78 is 2.06. The number of fused-ring (bicyclic) bond motifs is 2. The van der Waals surface area contributed by atoms with Gasteiger partial charge in [0.1, 0.15) is 5.37 Å². The van der Waals surface area contributed by atoms with Crippen molar-refractivity contribution in [3.05, 3.63) is 28.6 Å². The summed E-state index contributed by atoms with van der Waals surface area (Å²) in [4.78, 5) is 28.6. The van der Waals surface area contributed by atoms with E-state index in [2.05, 4.69) is 9.55 Å². The molecule has 1 amide bonds. The molecule has 0 saturated carbocycles. The first-order valence-corrected chi connectivity index (χ1v) is 7.90. The summed E-state index contributed by atoms with van der Waals surface area (Å²) in [5.74, 6) is -0.565. The van der Waals surface area contributed by atoms with Crippen LogP contribution in [0.2, 0.25) is 0 Å². The van der Waals surface area contributed by atoms with Crippen molar-refractivity contribution in [2.75, 3.05) is 5.75 Å². The molecule has 0 aliphatic carbocycles. The van der Waals surface area contributed by atoms with E-state index < -0.39 is 5.97 Å². The van der Waals surface area contributed by atoms with E-state index in [9.17, 15) is 14.7 Å². The van der Waals surface area contributed by atoms with Crippen molar-refractivity contribution in [3.63, 3.8) is 0 Å². The molecule has 1 fully saturated rings.